The molecule has 0 unspecified atom stereocenters. The van der Waals surface area contributed by atoms with Gasteiger partial charge in [-0.2, -0.15) is 5.10 Å². The first-order valence-corrected chi connectivity index (χ1v) is 5.33. The first kappa shape index (κ1) is 11.4. The van der Waals surface area contributed by atoms with E-state index in [1.165, 1.54) is 0 Å². The Morgan fingerprint density at radius 1 is 1.71 bits per heavy atom. The van der Waals surface area contributed by atoms with Gasteiger partial charge in [0, 0.05) is 17.1 Å². The van der Waals surface area contributed by atoms with E-state index in [2.05, 4.69) is 51.8 Å². The molecule has 78 valence electrons. The minimum Gasteiger partial charge on any atom is -0.305 e. The molecule has 14 heavy (non-hydrogen) atoms. The zero-order valence-corrected chi connectivity index (χ0v) is 10.1. The highest BCUT2D eigenvalue weighted by molar-refractivity contribution is 9.11. The van der Waals surface area contributed by atoms with E-state index in [1.54, 1.807) is 6.33 Å². The summed E-state index contributed by atoms with van der Waals surface area (Å²) in [4.78, 5) is 4.18. The van der Waals surface area contributed by atoms with Gasteiger partial charge < -0.3 is 5.32 Å². The van der Waals surface area contributed by atoms with Crippen molar-refractivity contribution >= 4 is 15.9 Å². The SMILES string of the molecule is C=C(Br)CNCc1ncnn1C(C)C. The number of hydrogen-bond donors (Lipinski definition) is 1. The zero-order chi connectivity index (χ0) is 10.6. The summed E-state index contributed by atoms with van der Waals surface area (Å²) in [5.74, 6) is 0.953. The molecule has 0 aromatic carbocycles. The number of hydrogen-bond acceptors (Lipinski definition) is 3. The Hall–Kier alpha value is -0.680. The van der Waals surface area contributed by atoms with Gasteiger partial charge in [0.05, 0.1) is 6.54 Å². The molecular formula is C9H15BrN4. The van der Waals surface area contributed by atoms with Gasteiger partial charge in [-0.15, -0.1) is 0 Å². The molecule has 0 aliphatic carbocycles. The summed E-state index contributed by atoms with van der Waals surface area (Å²) in [7, 11) is 0. The van der Waals surface area contributed by atoms with Crippen LogP contribution in [0.2, 0.25) is 0 Å². The van der Waals surface area contributed by atoms with E-state index in [-0.39, 0.29) is 0 Å². The summed E-state index contributed by atoms with van der Waals surface area (Å²) in [5, 5.41) is 7.36. The van der Waals surface area contributed by atoms with Crippen LogP contribution < -0.4 is 5.32 Å². The molecule has 0 aliphatic rings. The topological polar surface area (TPSA) is 42.7 Å². The van der Waals surface area contributed by atoms with Crippen LogP contribution >= 0.6 is 15.9 Å². The number of aromatic nitrogens is 3. The van der Waals surface area contributed by atoms with E-state index in [0.29, 0.717) is 12.6 Å². The third-order valence-corrected chi connectivity index (χ3v) is 2.02. The summed E-state index contributed by atoms with van der Waals surface area (Å²) < 4.78 is 2.84. The molecule has 1 heterocycles. The third-order valence-electron chi connectivity index (χ3n) is 1.74. The fourth-order valence-electron chi connectivity index (χ4n) is 1.14. The summed E-state index contributed by atoms with van der Waals surface area (Å²) in [6.45, 7) is 9.36. The molecule has 0 saturated carbocycles. The van der Waals surface area contributed by atoms with E-state index in [9.17, 15) is 0 Å². The lowest BCUT2D eigenvalue weighted by Crippen LogP contribution is -2.19. The standard InChI is InChI=1S/C9H15BrN4/c1-7(2)14-9(12-6-13-14)5-11-4-8(3)10/h6-7,11H,3-5H2,1-2H3. The molecule has 1 aromatic rings. The molecule has 1 N–H and O–H groups in total. The van der Waals surface area contributed by atoms with Crippen LogP contribution in [-0.4, -0.2) is 21.3 Å². The van der Waals surface area contributed by atoms with Crippen LogP contribution in [0.3, 0.4) is 0 Å². The van der Waals surface area contributed by atoms with Crippen molar-refractivity contribution < 1.29 is 0 Å². The van der Waals surface area contributed by atoms with Crippen molar-refractivity contribution in [2.24, 2.45) is 0 Å². The number of nitrogens with zero attached hydrogens (tertiary/aromatic N) is 3. The van der Waals surface area contributed by atoms with Gasteiger partial charge in [0.15, 0.2) is 0 Å². The molecule has 0 spiro atoms. The Labute approximate surface area is 92.5 Å². The maximum Gasteiger partial charge on any atom is 0.141 e. The number of nitrogens with one attached hydrogen (secondary N) is 1. The molecule has 1 rings (SSSR count). The second-order valence-corrected chi connectivity index (χ2v) is 4.46. The average Bonchev–Trinajstić information content (AvgIpc) is 2.51. The largest absolute Gasteiger partial charge is 0.305 e. The Kier molecular flexibility index (Phi) is 4.28. The molecule has 0 aliphatic heterocycles. The lowest BCUT2D eigenvalue weighted by atomic mass is 10.4. The number of halogens is 1. The Bertz CT molecular complexity index is 306. The van der Waals surface area contributed by atoms with Gasteiger partial charge in [-0.3, -0.25) is 0 Å². The van der Waals surface area contributed by atoms with Gasteiger partial charge in [0.25, 0.3) is 0 Å². The molecule has 0 atom stereocenters. The van der Waals surface area contributed by atoms with Crippen molar-refractivity contribution in [1.82, 2.24) is 20.1 Å². The van der Waals surface area contributed by atoms with E-state index in [0.717, 1.165) is 16.9 Å². The van der Waals surface area contributed by atoms with E-state index >= 15 is 0 Å². The van der Waals surface area contributed by atoms with Crippen LogP contribution in [0.5, 0.6) is 0 Å². The Balaban J connectivity index is 2.50. The van der Waals surface area contributed by atoms with Crippen molar-refractivity contribution in [3.8, 4) is 0 Å². The van der Waals surface area contributed by atoms with Crippen LogP contribution in [0.1, 0.15) is 25.7 Å². The van der Waals surface area contributed by atoms with E-state index in [1.807, 2.05) is 4.68 Å². The molecule has 5 heteroatoms. The van der Waals surface area contributed by atoms with Gasteiger partial charge in [0.1, 0.15) is 12.2 Å². The quantitative estimate of drug-likeness (QED) is 0.877. The average molecular weight is 259 g/mol. The maximum atomic E-state index is 4.18. The first-order chi connectivity index (χ1) is 6.61. The van der Waals surface area contributed by atoms with Gasteiger partial charge in [-0.25, -0.2) is 9.67 Å². The van der Waals surface area contributed by atoms with Crippen molar-refractivity contribution in [2.75, 3.05) is 6.54 Å². The monoisotopic (exact) mass is 258 g/mol. The van der Waals surface area contributed by atoms with Crippen molar-refractivity contribution in [2.45, 2.75) is 26.4 Å². The summed E-state index contributed by atoms with van der Waals surface area (Å²) in [5.41, 5.74) is 0. The molecule has 1 aromatic heterocycles. The molecule has 0 saturated heterocycles. The van der Waals surface area contributed by atoms with Gasteiger partial charge in [-0.05, 0) is 13.8 Å². The summed E-state index contributed by atoms with van der Waals surface area (Å²) in [6, 6.07) is 0.349. The van der Waals surface area contributed by atoms with Gasteiger partial charge >= 0.3 is 0 Å². The minimum atomic E-state index is 0.349. The van der Waals surface area contributed by atoms with Crippen LogP contribution in [-0.2, 0) is 6.54 Å². The second-order valence-electron chi connectivity index (χ2n) is 3.34. The van der Waals surface area contributed by atoms with Gasteiger partial charge in [0.2, 0.25) is 0 Å². The highest BCUT2D eigenvalue weighted by atomic mass is 79.9. The summed E-state index contributed by atoms with van der Waals surface area (Å²) in [6.07, 6.45) is 1.58. The molecule has 0 radical (unpaired) electrons. The van der Waals surface area contributed by atoms with Crippen LogP contribution in [0.15, 0.2) is 17.4 Å². The molecule has 0 amide bonds. The molecule has 0 fully saturated rings. The van der Waals surface area contributed by atoms with E-state index in [4.69, 9.17) is 0 Å². The van der Waals surface area contributed by atoms with Crippen molar-refractivity contribution in [3.63, 3.8) is 0 Å². The zero-order valence-electron chi connectivity index (χ0n) is 8.50. The molecule has 4 nitrogen and oxygen atoms in total. The van der Waals surface area contributed by atoms with Gasteiger partial charge in [-0.1, -0.05) is 22.5 Å². The smallest absolute Gasteiger partial charge is 0.141 e. The minimum absolute atomic E-state index is 0.349. The van der Waals surface area contributed by atoms with Crippen LogP contribution in [0, 0.1) is 0 Å². The van der Waals surface area contributed by atoms with E-state index < -0.39 is 0 Å². The highest BCUT2D eigenvalue weighted by Gasteiger charge is 2.06. The third kappa shape index (κ3) is 3.23. The lowest BCUT2D eigenvalue weighted by molar-refractivity contribution is 0.494. The maximum absolute atomic E-state index is 4.18. The lowest BCUT2D eigenvalue weighted by Gasteiger charge is -2.09. The fraction of sp³-hybridized carbons (Fsp3) is 0.556. The predicted octanol–water partition coefficient (Wildman–Crippen LogP) is 1.86. The second kappa shape index (κ2) is 5.26. The molecular weight excluding hydrogens is 244 g/mol. The Morgan fingerprint density at radius 2 is 2.43 bits per heavy atom. The fourth-order valence-corrected chi connectivity index (χ4v) is 1.34. The summed E-state index contributed by atoms with van der Waals surface area (Å²) >= 11 is 3.29. The van der Waals surface area contributed by atoms with Crippen LogP contribution in [0.25, 0.3) is 0 Å². The van der Waals surface area contributed by atoms with Crippen molar-refractivity contribution in [3.05, 3.63) is 23.2 Å². The predicted molar refractivity (Wildman–Crippen MR) is 60.2 cm³/mol. The Morgan fingerprint density at radius 3 is 3.00 bits per heavy atom. The number of rotatable bonds is 5. The van der Waals surface area contributed by atoms with Crippen LogP contribution in [0.4, 0.5) is 0 Å². The normalized spacial score (nSPS) is 10.9. The first-order valence-electron chi connectivity index (χ1n) is 4.53. The van der Waals surface area contributed by atoms with Crippen molar-refractivity contribution in [1.29, 1.82) is 0 Å². The highest BCUT2D eigenvalue weighted by Crippen LogP contribution is 2.05. The molecule has 0 bridgehead atoms.